The lowest BCUT2D eigenvalue weighted by Gasteiger charge is -2.22. The monoisotopic (exact) mass is 140 g/mol. The highest BCUT2D eigenvalue weighted by Crippen LogP contribution is 2.23. The SMILES string of the molecule is CC1=C(C)CC(O)(O)C=C1. The van der Waals surface area contributed by atoms with Crippen LogP contribution >= 0.6 is 0 Å². The number of hydrogen-bond donors (Lipinski definition) is 2. The molecule has 10 heavy (non-hydrogen) atoms. The first-order chi connectivity index (χ1) is 4.51. The van der Waals surface area contributed by atoms with E-state index in [4.69, 9.17) is 10.2 Å². The van der Waals surface area contributed by atoms with Crippen LogP contribution in [0.3, 0.4) is 0 Å². The van der Waals surface area contributed by atoms with Crippen LogP contribution in [0.4, 0.5) is 0 Å². The molecule has 0 heterocycles. The summed E-state index contributed by atoms with van der Waals surface area (Å²) in [5.41, 5.74) is 2.16. The lowest BCUT2D eigenvalue weighted by Crippen LogP contribution is -2.27. The molecule has 1 aliphatic carbocycles. The van der Waals surface area contributed by atoms with Gasteiger partial charge >= 0.3 is 0 Å². The highest BCUT2D eigenvalue weighted by Gasteiger charge is 2.22. The molecule has 1 aliphatic rings. The molecular weight excluding hydrogens is 128 g/mol. The van der Waals surface area contributed by atoms with E-state index in [1.54, 1.807) is 6.08 Å². The van der Waals surface area contributed by atoms with E-state index in [0.717, 1.165) is 11.1 Å². The summed E-state index contributed by atoms with van der Waals surface area (Å²) >= 11 is 0. The number of rotatable bonds is 0. The molecule has 2 N–H and O–H groups in total. The van der Waals surface area contributed by atoms with Gasteiger partial charge in [-0.3, -0.25) is 0 Å². The molecule has 1 rings (SSSR count). The van der Waals surface area contributed by atoms with Crippen LogP contribution in [-0.4, -0.2) is 16.0 Å². The van der Waals surface area contributed by atoms with E-state index in [-0.39, 0.29) is 0 Å². The Balaban J connectivity index is 2.85. The lowest BCUT2D eigenvalue weighted by atomic mass is 9.96. The van der Waals surface area contributed by atoms with Crippen molar-refractivity contribution in [3.05, 3.63) is 23.3 Å². The predicted molar refractivity (Wildman–Crippen MR) is 39.3 cm³/mol. The summed E-state index contributed by atoms with van der Waals surface area (Å²) in [7, 11) is 0. The molecule has 56 valence electrons. The van der Waals surface area contributed by atoms with Gasteiger partial charge in [0.25, 0.3) is 0 Å². The van der Waals surface area contributed by atoms with Crippen molar-refractivity contribution >= 4 is 0 Å². The van der Waals surface area contributed by atoms with Crippen LogP contribution in [0.2, 0.25) is 0 Å². The Labute approximate surface area is 60.5 Å². The number of aliphatic hydroxyl groups is 2. The van der Waals surface area contributed by atoms with Gasteiger partial charge in [0.2, 0.25) is 0 Å². The fraction of sp³-hybridized carbons (Fsp3) is 0.500. The second-order valence-corrected chi connectivity index (χ2v) is 2.85. The summed E-state index contributed by atoms with van der Waals surface area (Å²) in [5, 5.41) is 18.2. The summed E-state index contributed by atoms with van der Waals surface area (Å²) in [6.07, 6.45) is 3.48. The number of hydrogen-bond acceptors (Lipinski definition) is 2. The van der Waals surface area contributed by atoms with Crippen molar-refractivity contribution in [3.8, 4) is 0 Å². The van der Waals surface area contributed by atoms with Crippen LogP contribution in [0.1, 0.15) is 20.3 Å². The average Bonchev–Trinajstić information content (AvgIpc) is 1.79. The maximum absolute atomic E-state index is 9.10. The second kappa shape index (κ2) is 2.22. The summed E-state index contributed by atoms with van der Waals surface area (Å²) < 4.78 is 0. The Morgan fingerprint density at radius 1 is 1.40 bits per heavy atom. The molecule has 0 bridgehead atoms. The Kier molecular flexibility index (Phi) is 1.67. The van der Waals surface area contributed by atoms with Gasteiger partial charge in [0.15, 0.2) is 5.79 Å². The topological polar surface area (TPSA) is 40.5 Å². The third-order valence-electron chi connectivity index (χ3n) is 1.80. The maximum atomic E-state index is 9.10. The first-order valence-corrected chi connectivity index (χ1v) is 3.32. The standard InChI is InChI=1S/C8H12O2/c1-6-3-4-8(9,10)5-7(6)2/h3-4,9-10H,5H2,1-2H3. The average molecular weight is 140 g/mol. The zero-order valence-corrected chi connectivity index (χ0v) is 6.26. The molecule has 0 aromatic rings. The van der Waals surface area contributed by atoms with Crippen molar-refractivity contribution in [2.45, 2.75) is 26.1 Å². The van der Waals surface area contributed by atoms with Gasteiger partial charge in [-0.15, -0.1) is 0 Å². The van der Waals surface area contributed by atoms with E-state index in [0.29, 0.717) is 6.42 Å². The van der Waals surface area contributed by atoms with E-state index < -0.39 is 5.79 Å². The first-order valence-electron chi connectivity index (χ1n) is 3.32. The van der Waals surface area contributed by atoms with Gasteiger partial charge in [0, 0.05) is 6.42 Å². The normalized spacial score (nSPS) is 23.6. The molecular formula is C8H12O2. The molecule has 0 unspecified atom stereocenters. The minimum absolute atomic E-state index is 0.329. The lowest BCUT2D eigenvalue weighted by molar-refractivity contribution is -0.117. The predicted octanol–water partition coefficient (Wildman–Crippen LogP) is 0.964. The van der Waals surface area contributed by atoms with Crippen molar-refractivity contribution in [1.82, 2.24) is 0 Å². The zero-order chi connectivity index (χ0) is 7.78. The molecule has 0 saturated heterocycles. The van der Waals surface area contributed by atoms with Crippen LogP contribution in [0.5, 0.6) is 0 Å². The molecule has 0 atom stereocenters. The molecule has 2 nitrogen and oxygen atoms in total. The van der Waals surface area contributed by atoms with Crippen molar-refractivity contribution in [2.24, 2.45) is 0 Å². The van der Waals surface area contributed by atoms with Gasteiger partial charge in [0.1, 0.15) is 0 Å². The van der Waals surface area contributed by atoms with Crippen LogP contribution in [-0.2, 0) is 0 Å². The fourth-order valence-corrected chi connectivity index (χ4v) is 0.989. The van der Waals surface area contributed by atoms with Crippen molar-refractivity contribution in [1.29, 1.82) is 0 Å². The second-order valence-electron chi connectivity index (χ2n) is 2.85. The van der Waals surface area contributed by atoms with E-state index in [2.05, 4.69) is 0 Å². The Morgan fingerprint density at radius 3 is 2.40 bits per heavy atom. The third kappa shape index (κ3) is 1.46. The van der Waals surface area contributed by atoms with Gasteiger partial charge < -0.3 is 10.2 Å². The maximum Gasteiger partial charge on any atom is 0.186 e. The van der Waals surface area contributed by atoms with Crippen molar-refractivity contribution in [2.75, 3.05) is 0 Å². The van der Waals surface area contributed by atoms with Crippen LogP contribution in [0.25, 0.3) is 0 Å². The zero-order valence-electron chi connectivity index (χ0n) is 6.26. The van der Waals surface area contributed by atoms with E-state index in [1.807, 2.05) is 13.8 Å². The first kappa shape index (κ1) is 7.51. The molecule has 0 fully saturated rings. The van der Waals surface area contributed by atoms with E-state index in [1.165, 1.54) is 6.08 Å². The molecule has 0 saturated carbocycles. The summed E-state index contributed by atoms with van der Waals surface area (Å²) in [4.78, 5) is 0. The van der Waals surface area contributed by atoms with Crippen LogP contribution < -0.4 is 0 Å². The van der Waals surface area contributed by atoms with Crippen LogP contribution in [0.15, 0.2) is 23.3 Å². The molecule has 2 heteroatoms. The Bertz CT molecular complexity index is 199. The Morgan fingerprint density at radius 2 is 2.00 bits per heavy atom. The quantitative estimate of drug-likeness (QED) is 0.492. The molecule has 0 radical (unpaired) electrons. The van der Waals surface area contributed by atoms with Gasteiger partial charge in [-0.1, -0.05) is 17.2 Å². The molecule has 0 aromatic heterocycles. The van der Waals surface area contributed by atoms with E-state index >= 15 is 0 Å². The van der Waals surface area contributed by atoms with Crippen LogP contribution in [0, 0.1) is 0 Å². The molecule has 0 aliphatic heterocycles. The molecule has 0 amide bonds. The summed E-state index contributed by atoms with van der Waals surface area (Å²) in [5.74, 6) is -1.61. The number of allylic oxidation sites excluding steroid dienone is 2. The fourth-order valence-electron chi connectivity index (χ4n) is 0.989. The molecule has 0 aromatic carbocycles. The Hall–Kier alpha value is -0.600. The largest absolute Gasteiger partial charge is 0.362 e. The van der Waals surface area contributed by atoms with Gasteiger partial charge in [-0.05, 0) is 19.9 Å². The van der Waals surface area contributed by atoms with E-state index in [9.17, 15) is 0 Å². The highest BCUT2D eigenvalue weighted by molar-refractivity contribution is 5.29. The summed E-state index contributed by atoms with van der Waals surface area (Å²) in [6.45, 7) is 3.86. The molecule has 0 spiro atoms. The van der Waals surface area contributed by atoms with Crippen molar-refractivity contribution < 1.29 is 10.2 Å². The third-order valence-corrected chi connectivity index (χ3v) is 1.80. The van der Waals surface area contributed by atoms with Crippen molar-refractivity contribution in [3.63, 3.8) is 0 Å². The summed E-state index contributed by atoms with van der Waals surface area (Å²) in [6, 6.07) is 0. The van der Waals surface area contributed by atoms with Gasteiger partial charge in [0.05, 0.1) is 0 Å². The highest BCUT2D eigenvalue weighted by atomic mass is 16.5. The minimum Gasteiger partial charge on any atom is -0.362 e. The van der Waals surface area contributed by atoms with Gasteiger partial charge in [-0.2, -0.15) is 0 Å². The van der Waals surface area contributed by atoms with Gasteiger partial charge in [-0.25, -0.2) is 0 Å². The minimum atomic E-state index is -1.61. The smallest absolute Gasteiger partial charge is 0.186 e.